The van der Waals surface area contributed by atoms with Crippen LogP contribution in [0.5, 0.6) is 0 Å². The first-order valence-corrected chi connectivity index (χ1v) is 7.72. The number of likely N-dealkylation sites (tertiary alicyclic amines) is 2. The van der Waals surface area contributed by atoms with Gasteiger partial charge in [-0.05, 0) is 6.42 Å². The van der Waals surface area contributed by atoms with Crippen molar-refractivity contribution in [2.24, 2.45) is 10.2 Å². The third-order valence-corrected chi connectivity index (χ3v) is 4.84. The molecule has 2 fully saturated rings. The summed E-state index contributed by atoms with van der Waals surface area (Å²) in [6, 6.07) is 0.180. The molecule has 7 heteroatoms. The molecule has 0 unspecified atom stereocenters. The van der Waals surface area contributed by atoms with E-state index in [1.165, 1.54) is 0 Å². The summed E-state index contributed by atoms with van der Waals surface area (Å²) < 4.78 is 24.9. The number of halogens is 2. The molecular formula is C15H20F2N4O. The van der Waals surface area contributed by atoms with E-state index in [1.807, 2.05) is 4.90 Å². The van der Waals surface area contributed by atoms with Crippen LogP contribution >= 0.6 is 0 Å². The molecule has 0 aliphatic carbocycles. The van der Waals surface area contributed by atoms with Crippen LogP contribution in [0.15, 0.2) is 10.2 Å². The fourth-order valence-electron chi connectivity index (χ4n) is 3.57. The highest BCUT2D eigenvalue weighted by Gasteiger charge is 2.46. The maximum atomic E-state index is 12.5. The Kier molecular flexibility index (Phi) is 4.13. The van der Waals surface area contributed by atoms with Gasteiger partial charge in [0.25, 0.3) is 6.43 Å². The molecule has 3 rings (SSSR count). The van der Waals surface area contributed by atoms with Crippen LogP contribution in [-0.4, -0.2) is 59.5 Å². The minimum atomic E-state index is -2.31. The fraction of sp³-hybridized carbons (Fsp3) is 0.800. The topological polar surface area (TPSA) is 48.3 Å². The molecular weight excluding hydrogens is 290 g/mol. The van der Waals surface area contributed by atoms with Crippen molar-refractivity contribution in [1.82, 2.24) is 9.80 Å². The van der Waals surface area contributed by atoms with E-state index >= 15 is 0 Å². The second-order valence-electron chi connectivity index (χ2n) is 6.32. The largest absolute Gasteiger partial charge is 0.337 e. The number of hydrogen-bond donors (Lipinski definition) is 0. The molecule has 0 aromatic carbocycles. The Morgan fingerprint density at radius 2 is 2.09 bits per heavy atom. The predicted octanol–water partition coefficient (Wildman–Crippen LogP) is 1.89. The predicted molar refractivity (Wildman–Crippen MR) is 76.4 cm³/mol. The van der Waals surface area contributed by atoms with Crippen molar-refractivity contribution in [3.8, 4) is 12.3 Å². The molecule has 120 valence electrons. The van der Waals surface area contributed by atoms with Crippen LogP contribution in [0.25, 0.3) is 0 Å². The molecule has 5 nitrogen and oxygen atoms in total. The maximum absolute atomic E-state index is 12.5. The van der Waals surface area contributed by atoms with E-state index in [9.17, 15) is 13.6 Å². The minimum Gasteiger partial charge on any atom is -0.337 e. The first-order chi connectivity index (χ1) is 10.5. The van der Waals surface area contributed by atoms with Gasteiger partial charge in [-0.3, -0.25) is 9.69 Å². The van der Waals surface area contributed by atoms with Crippen LogP contribution in [0, 0.1) is 12.3 Å². The van der Waals surface area contributed by atoms with Crippen LogP contribution in [0.2, 0.25) is 0 Å². The van der Waals surface area contributed by atoms with Gasteiger partial charge in [-0.25, -0.2) is 8.78 Å². The number of carbonyl (C=O) groups is 1. The number of piperazine rings is 1. The van der Waals surface area contributed by atoms with E-state index in [4.69, 9.17) is 6.42 Å². The van der Waals surface area contributed by atoms with E-state index in [-0.39, 0.29) is 24.5 Å². The summed E-state index contributed by atoms with van der Waals surface area (Å²) in [5.41, 5.74) is -0.428. The Balaban J connectivity index is 1.45. The minimum absolute atomic E-state index is 0.0848. The lowest BCUT2D eigenvalue weighted by Crippen LogP contribution is -2.49. The Hall–Kier alpha value is -1.55. The van der Waals surface area contributed by atoms with Crippen molar-refractivity contribution >= 4 is 5.91 Å². The fourth-order valence-corrected chi connectivity index (χ4v) is 3.57. The number of fused-ring (bicyclic) bond motifs is 2. The van der Waals surface area contributed by atoms with Gasteiger partial charge in [0.15, 0.2) is 5.66 Å². The first-order valence-electron chi connectivity index (χ1n) is 7.72. The van der Waals surface area contributed by atoms with Crippen LogP contribution in [0.3, 0.4) is 0 Å². The van der Waals surface area contributed by atoms with E-state index in [0.717, 1.165) is 6.42 Å². The van der Waals surface area contributed by atoms with Gasteiger partial charge in [0.1, 0.15) is 0 Å². The van der Waals surface area contributed by atoms with Gasteiger partial charge >= 0.3 is 0 Å². The highest BCUT2D eigenvalue weighted by molar-refractivity contribution is 5.77. The third-order valence-electron chi connectivity index (χ3n) is 4.84. The monoisotopic (exact) mass is 310 g/mol. The van der Waals surface area contributed by atoms with Crippen molar-refractivity contribution in [2.45, 2.75) is 56.3 Å². The zero-order valence-corrected chi connectivity index (χ0v) is 12.4. The molecule has 2 saturated heterocycles. The van der Waals surface area contributed by atoms with Crippen molar-refractivity contribution in [3.63, 3.8) is 0 Å². The standard InChI is InChI=1S/C15H20F2N4O/c1-2-3-5-15(18-19-15)6-4-14(22)21-9-11-7-12(21)8-20(11)10-13(16)17/h1,11-13H,3-10H2/t11-,12-/m0/s1. The van der Waals surface area contributed by atoms with Gasteiger partial charge in [-0.15, -0.1) is 12.3 Å². The number of rotatable bonds is 7. The number of amides is 1. The molecule has 0 aromatic heterocycles. The first kappa shape index (κ1) is 15.3. The summed E-state index contributed by atoms with van der Waals surface area (Å²) in [5.74, 6) is 2.65. The van der Waals surface area contributed by atoms with Crippen molar-refractivity contribution in [3.05, 3.63) is 0 Å². The Morgan fingerprint density at radius 1 is 1.32 bits per heavy atom. The van der Waals surface area contributed by atoms with Crippen LogP contribution in [0.1, 0.15) is 32.1 Å². The van der Waals surface area contributed by atoms with Gasteiger partial charge in [-0.1, -0.05) is 0 Å². The summed E-state index contributed by atoms with van der Waals surface area (Å²) in [5, 5.41) is 8.06. The van der Waals surface area contributed by atoms with Gasteiger partial charge < -0.3 is 4.90 Å². The number of hydrogen-bond acceptors (Lipinski definition) is 4. The molecule has 3 aliphatic heterocycles. The van der Waals surface area contributed by atoms with Crippen molar-refractivity contribution in [1.29, 1.82) is 0 Å². The number of carbonyl (C=O) groups excluding carboxylic acids is 1. The lowest BCUT2D eigenvalue weighted by Gasteiger charge is -2.34. The molecule has 0 N–H and O–H groups in total. The number of alkyl halides is 2. The Bertz CT molecular complexity index is 510. The van der Waals surface area contributed by atoms with Crippen molar-refractivity contribution < 1.29 is 13.6 Å². The van der Waals surface area contributed by atoms with E-state index in [1.54, 1.807) is 4.90 Å². The third kappa shape index (κ3) is 3.12. The molecule has 2 atom stereocenters. The Labute approximate surface area is 128 Å². The van der Waals surface area contributed by atoms with Gasteiger partial charge in [0.05, 0.1) is 6.54 Å². The lowest BCUT2D eigenvalue weighted by atomic mass is 10.0. The van der Waals surface area contributed by atoms with Crippen LogP contribution < -0.4 is 0 Å². The highest BCUT2D eigenvalue weighted by Crippen LogP contribution is 2.38. The second kappa shape index (κ2) is 5.92. The quantitative estimate of drug-likeness (QED) is 0.674. The molecule has 0 spiro atoms. The lowest BCUT2D eigenvalue weighted by molar-refractivity contribution is -0.134. The molecule has 1 amide bonds. The zero-order valence-electron chi connectivity index (χ0n) is 12.4. The summed E-state index contributed by atoms with van der Waals surface area (Å²) in [6.45, 7) is 0.954. The molecule has 3 aliphatic rings. The molecule has 2 bridgehead atoms. The average molecular weight is 310 g/mol. The van der Waals surface area contributed by atoms with E-state index < -0.39 is 12.1 Å². The number of nitrogens with zero attached hydrogens (tertiary/aromatic N) is 4. The normalized spacial score (nSPS) is 28.4. The van der Waals surface area contributed by atoms with Gasteiger partial charge in [-0.2, -0.15) is 10.2 Å². The van der Waals surface area contributed by atoms with Crippen molar-refractivity contribution in [2.75, 3.05) is 19.6 Å². The van der Waals surface area contributed by atoms with E-state index in [2.05, 4.69) is 16.1 Å². The number of terminal acetylenes is 1. The molecule has 3 heterocycles. The molecule has 0 aromatic rings. The molecule has 0 saturated carbocycles. The zero-order chi connectivity index (χ0) is 15.7. The van der Waals surface area contributed by atoms with E-state index in [0.29, 0.717) is 38.8 Å². The van der Waals surface area contributed by atoms with Crippen LogP contribution in [-0.2, 0) is 4.79 Å². The van der Waals surface area contributed by atoms with Crippen LogP contribution in [0.4, 0.5) is 8.78 Å². The summed E-state index contributed by atoms with van der Waals surface area (Å²) >= 11 is 0. The average Bonchev–Trinajstić information content (AvgIpc) is 2.98. The molecule has 22 heavy (non-hydrogen) atoms. The van der Waals surface area contributed by atoms with Gasteiger partial charge in [0.2, 0.25) is 5.91 Å². The smallest absolute Gasteiger partial charge is 0.251 e. The highest BCUT2D eigenvalue weighted by atomic mass is 19.3. The molecule has 0 radical (unpaired) electrons. The maximum Gasteiger partial charge on any atom is 0.251 e. The summed E-state index contributed by atoms with van der Waals surface area (Å²) in [7, 11) is 0. The Morgan fingerprint density at radius 3 is 2.64 bits per heavy atom. The SMILES string of the molecule is C#CCCC1(CCC(=O)N2C[C@@H]3C[C@H]2CN3CC(F)F)N=N1. The summed E-state index contributed by atoms with van der Waals surface area (Å²) in [4.78, 5) is 16.0. The summed E-state index contributed by atoms with van der Waals surface area (Å²) in [6.07, 6.45) is 6.05. The second-order valence-corrected chi connectivity index (χ2v) is 6.32. The van der Waals surface area contributed by atoms with Gasteiger partial charge in [0, 0.05) is 50.9 Å².